The van der Waals surface area contributed by atoms with Crippen molar-refractivity contribution < 1.29 is 0 Å². The molecule has 0 unspecified atom stereocenters. The lowest BCUT2D eigenvalue weighted by Gasteiger charge is -2.17. The molecule has 2 heterocycles. The van der Waals surface area contributed by atoms with Gasteiger partial charge in [-0.05, 0) is 25.0 Å². The summed E-state index contributed by atoms with van der Waals surface area (Å²) < 4.78 is 4.06. The number of aryl methyl sites for hydroxylation is 1. The largest absolute Gasteiger partial charge is 0.299 e. The highest BCUT2D eigenvalue weighted by Gasteiger charge is 2.25. The number of nitrogens with zero attached hydrogens (tertiary/aromatic N) is 6. The van der Waals surface area contributed by atoms with Crippen molar-refractivity contribution in [3.8, 4) is 11.4 Å². The number of rotatable bonds is 5. The summed E-state index contributed by atoms with van der Waals surface area (Å²) in [5.41, 5.74) is 0.939. The fourth-order valence-corrected chi connectivity index (χ4v) is 4.49. The van der Waals surface area contributed by atoms with E-state index in [1.807, 2.05) is 31.3 Å². The first kappa shape index (κ1) is 16.6. The molecule has 130 valence electrons. The highest BCUT2D eigenvalue weighted by molar-refractivity contribution is 7.98. The number of benzene rings is 1. The van der Waals surface area contributed by atoms with E-state index in [-0.39, 0.29) is 0 Å². The lowest BCUT2D eigenvalue weighted by atomic mass is 10.2. The predicted molar refractivity (Wildman–Crippen MR) is 98.5 cm³/mol. The summed E-state index contributed by atoms with van der Waals surface area (Å²) in [4.78, 5) is 4.29. The van der Waals surface area contributed by atoms with Crippen molar-refractivity contribution in [3.05, 3.63) is 41.4 Å². The van der Waals surface area contributed by atoms with Crippen LogP contribution in [0.5, 0.6) is 0 Å². The molecule has 3 aromatic rings. The first-order valence-electron chi connectivity index (χ1n) is 8.39. The molecule has 4 rings (SSSR count). The molecule has 0 saturated heterocycles. The van der Waals surface area contributed by atoms with Crippen LogP contribution in [-0.2, 0) is 12.8 Å². The third-order valence-corrected chi connectivity index (χ3v) is 5.87. The molecule has 1 saturated carbocycles. The van der Waals surface area contributed by atoms with E-state index in [2.05, 4.69) is 24.8 Å². The van der Waals surface area contributed by atoms with Gasteiger partial charge in [0.2, 0.25) is 0 Å². The van der Waals surface area contributed by atoms with E-state index in [1.165, 1.54) is 12.8 Å². The zero-order valence-electron chi connectivity index (χ0n) is 14.0. The van der Waals surface area contributed by atoms with Crippen LogP contribution in [0.1, 0.15) is 37.5 Å². The first-order valence-corrected chi connectivity index (χ1v) is 9.76. The molecule has 0 N–H and O–H groups in total. The topological polar surface area (TPSA) is 61.4 Å². The minimum Gasteiger partial charge on any atom is -0.299 e. The summed E-state index contributed by atoms with van der Waals surface area (Å²) in [5.74, 6) is 2.49. The Kier molecular flexibility index (Phi) is 4.76. The third kappa shape index (κ3) is 3.30. The number of hydrogen-bond donors (Lipinski definition) is 0. The Balaban J connectivity index is 1.69. The van der Waals surface area contributed by atoms with Crippen LogP contribution in [0.25, 0.3) is 11.4 Å². The molecule has 0 radical (unpaired) electrons. The molecule has 0 aliphatic heterocycles. The molecule has 1 aliphatic carbocycles. The van der Waals surface area contributed by atoms with Gasteiger partial charge in [-0.25, -0.2) is 4.98 Å². The van der Waals surface area contributed by atoms with Gasteiger partial charge in [0.25, 0.3) is 0 Å². The van der Waals surface area contributed by atoms with Crippen molar-refractivity contribution in [1.29, 1.82) is 0 Å². The van der Waals surface area contributed by atoms with Crippen LogP contribution in [-0.4, -0.2) is 29.5 Å². The Morgan fingerprint density at radius 1 is 1.20 bits per heavy atom. The smallest absolute Gasteiger partial charge is 0.192 e. The molecular formula is C17H19ClN6S. The van der Waals surface area contributed by atoms with Gasteiger partial charge in [0, 0.05) is 18.7 Å². The fraction of sp³-hybridized carbons (Fsp3) is 0.412. The van der Waals surface area contributed by atoms with Crippen LogP contribution in [0.15, 0.2) is 35.7 Å². The van der Waals surface area contributed by atoms with Crippen molar-refractivity contribution in [2.45, 2.75) is 42.6 Å². The Morgan fingerprint density at radius 3 is 2.72 bits per heavy atom. The van der Waals surface area contributed by atoms with Crippen LogP contribution < -0.4 is 0 Å². The van der Waals surface area contributed by atoms with Gasteiger partial charge in [0.05, 0.1) is 10.8 Å². The minimum absolute atomic E-state index is 0.434. The van der Waals surface area contributed by atoms with E-state index in [0.717, 1.165) is 35.2 Å². The van der Waals surface area contributed by atoms with Crippen LogP contribution in [0.3, 0.4) is 0 Å². The van der Waals surface area contributed by atoms with Crippen LogP contribution >= 0.6 is 23.4 Å². The fourth-order valence-electron chi connectivity index (χ4n) is 3.27. The van der Waals surface area contributed by atoms with E-state index in [4.69, 9.17) is 11.6 Å². The molecule has 1 aromatic carbocycles. The highest BCUT2D eigenvalue weighted by atomic mass is 35.5. The second-order valence-corrected chi connectivity index (χ2v) is 7.53. The second kappa shape index (κ2) is 7.17. The predicted octanol–water partition coefficient (Wildman–Crippen LogP) is 4.13. The van der Waals surface area contributed by atoms with Crippen molar-refractivity contribution >= 4 is 23.4 Å². The van der Waals surface area contributed by atoms with Crippen LogP contribution in [0.4, 0.5) is 0 Å². The summed E-state index contributed by atoms with van der Waals surface area (Å²) in [7, 11) is 1.90. The molecule has 2 aromatic heterocycles. The van der Waals surface area contributed by atoms with Gasteiger partial charge in [-0.2, -0.15) is 5.10 Å². The standard InChI is InChI=1S/C17H19ClN6S/c1-23-15(19-11-20-23)10-25-17-22-21-16(13-8-4-5-9-14(13)18)24(17)12-6-2-3-7-12/h4-5,8-9,11-12H,2-3,6-7,10H2,1H3. The third-order valence-electron chi connectivity index (χ3n) is 4.60. The molecule has 8 heteroatoms. The second-order valence-electron chi connectivity index (χ2n) is 6.18. The average Bonchev–Trinajstić information content (AvgIpc) is 3.33. The Labute approximate surface area is 155 Å². The van der Waals surface area contributed by atoms with E-state index in [1.54, 1.807) is 22.8 Å². The minimum atomic E-state index is 0.434. The maximum absolute atomic E-state index is 6.42. The lowest BCUT2D eigenvalue weighted by Crippen LogP contribution is -2.09. The van der Waals surface area contributed by atoms with Crippen molar-refractivity contribution in [1.82, 2.24) is 29.5 Å². The Hall–Kier alpha value is -1.86. The van der Waals surface area contributed by atoms with Gasteiger partial charge in [-0.3, -0.25) is 9.25 Å². The SMILES string of the molecule is Cn1ncnc1CSc1nnc(-c2ccccc2Cl)n1C1CCCC1. The maximum atomic E-state index is 6.42. The number of halogens is 1. The molecule has 25 heavy (non-hydrogen) atoms. The zero-order valence-corrected chi connectivity index (χ0v) is 15.5. The number of hydrogen-bond acceptors (Lipinski definition) is 5. The first-order chi connectivity index (χ1) is 12.2. The monoisotopic (exact) mass is 374 g/mol. The number of thioether (sulfide) groups is 1. The molecule has 6 nitrogen and oxygen atoms in total. The lowest BCUT2D eigenvalue weighted by molar-refractivity contribution is 0.485. The molecule has 0 bridgehead atoms. The summed E-state index contributed by atoms with van der Waals surface area (Å²) >= 11 is 8.07. The van der Waals surface area contributed by atoms with E-state index in [9.17, 15) is 0 Å². The molecule has 0 atom stereocenters. The highest BCUT2D eigenvalue weighted by Crippen LogP contribution is 2.38. The Bertz CT molecular complexity index is 868. The van der Waals surface area contributed by atoms with Crippen LogP contribution in [0, 0.1) is 0 Å². The van der Waals surface area contributed by atoms with E-state index in [0.29, 0.717) is 16.8 Å². The van der Waals surface area contributed by atoms with Crippen molar-refractivity contribution in [2.24, 2.45) is 7.05 Å². The van der Waals surface area contributed by atoms with Gasteiger partial charge in [-0.15, -0.1) is 10.2 Å². The molecule has 0 amide bonds. The van der Waals surface area contributed by atoms with Gasteiger partial charge >= 0.3 is 0 Å². The number of aromatic nitrogens is 6. The van der Waals surface area contributed by atoms with E-state index >= 15 is 0 Å². The maximum Gasteiger partial charge on any atom is 0.192 e. The summed E-state index contributed by atoms with van der Waals surface area (Å²) in [6, 6.07) is 8.27. The Morgan fingerprint density at radius 2 is 2.00 bits per heavy atom. The molecule has 1 aliphatic rings. The summed E-state index contributed by atoms with van der Waals surface area (Å²) in [5, 5.41) is 14.7. The summed E-state index contributed by atoms with van der Waals surface area (Å²) in [6.45, 7) is 0. The van der Waals surface area contributed by atoms with Crippen molar-refractivity contribution in [3.63, 3.8) is 0 Å². The van der Waals surface area contributed by atoms with Gasteiger partial charge in [0.15, 0.2) is 11.0 Å². The molecule has 0 spiro atoms. The molecular weight excluding hydrogens is 356 g/mol. The zero-order chi connectivity index (χ0) is 17.2. The average molecular weight is 375 g/mol. The molecule has 1 fully saturated rings. The quantitative estimate of drug-likeness (QED) is 0.628. The van der Waals surface area contributed by atoms with Gasteiger partial charge in [-0.1, -0.05) is 48.3 Å². The van der Waals surface area contributed by atoms with Crippen LogP contribution in [0.2, 0.25) is 5.02 Å². The summed E-state index contributed by atoms with van der Waals surface area (Å²) in [6.07, 6.45) is 6.39. The van der Waals surface area contributed by atoms with E-state index < -0.39 is 0 Å². The van der Waals surface area contributed by atoms with Crippen molar-refractivity contribution in [2.75, 3.05) is 0 Å². The van der Waals surface area contributed by atoms with Gasteiger partial charge < -0.3 is 0 Å². The van der Waals surface area contributed by atoms with Gasteiger partial charge in [0.1, 0.15) is 12.2 Å². The normalized spacial score (nSPS) is 15.1.